The highest BCUT2D eigenvalue weighted by Crippen LogP contribution is 2.26. The van der Waals surface area contributed by atoms with Crippen LogP contribution in [0.5, 0.6) is 0 Å². The molecule has 28 heavy (non-hydrogen) atoms. The van der Waals surface area contributed by atoms with E-state index in [1.165, 1.54) is 4.90 Å². The van der Waals surface area contributed by atoms with E-state index >= 15 is 0 Å². The molecule has 0 radical (unpaired) electrons. The maximum atomic E-state index is 12.5. The average Bonchev–Trinajstić information content (AvgIpc) is 2.93. The van der Waals surface area contributed by atoms with Crippen LogP contribution in [0.3, 0.4) is 0 Å². The van der Waals surface area contributed by atoms with Crippen molar-refractivity contribution in [3.63, 3.8) is 0 Å². The first-order chi connectivity index (χ1) is 13.5. The van der Waals surface area contributed by atoms with Crippen molar-refractivity contribution in [1.29, 1.82) is 0 Å². The molecule has 2 aromatic rings. The second-order valence-corrected chi connectivity index (χ2v) is 6.60. The molecule has 1 atom stereocenters. The smallest absolute Gasteiger partial charge is 0.319 e. The van der Waals surface area contributed by atoms with Crippen LogP contribution in [0.4, 0.5) is 10.5 Å². The maximum Gasteiger partial charge on any atom is 0.319 e. The van der Waals surface area contributed by atoms with E-state index in [1.807, 2.05) is 37.3 Å². The predicted octanol–water partition coefficient (Wildman–Crippen LogP) is 3.20. The van der Waals surface area contributed by atoms with Crippen molar-refractivity contribution < 1.29 is 19.1 Å². The van der Waals surface area contributed by atoms with E-state index in [0.717, 1.165) is 5.56 Å². The SMILES string of the molecule is COCCCN1C(=O)c2ccc(NC(=O)NC(C)c3ccccc3)cc2C1=O. The van der Waals surface area contributed by atoms with Gasteiger partial charge in [-0.05, 0) is 37.1 Å². The minimum atomic E-state index is -0.384. The highest BCUT2D eigenvalue weighted by atomic mass is 16.5. The molecule has 1 aliphatic heterocycles. The lowest BCUT2D eigenvalue weighted by Crippen LogP contribution is -2.31. The van der Waals surface area contributed by atoms with Crippen molar-refractivity contribution in [3.8, 4) is 0 Å². The number of hydrogen-bond acceptors (Lipinski definition) is 4. The summed E-state index contributed by atoms with van der Waals surface area (Å²) in [7, 11) is 1.57. The lowest BCUT2D eigenvalue weighted by molar-refractivity contribution is 0.0638. The molecule has 4 amide bonds. The zero-order valence-electron chi connectivity index (χ0n) is 15.9. The molecular weight excluding hydrogens is 358 g/mol. The summed E-state index contributed by atoms with van der Waals surface area (Å²) in [6.45, 7) is 2.66. The number of anilines is 1. The summed E-state index contributed by atoms with van der Waals surface area (Å²) < 4.78 is 4.97. The van der Waals surface area contributed by atoms with Crippen LogP contribution in [-0.4, -0.2) is 43.0 Å². The number of ether oxygens (including phenoxy) is 1. The van der Waals surface area contributed by atoms with Crippen molar-refractivity contribution in [2.45, 2.75) is 19.4 Å². The van der Waals surface area contributed by atoms with Crippen LogP contribution in [0.1, 0.15) is 45.7 Å². The number of imide groups is 1. The number of carbonyl (C=O) groups excluding carboxylic acids is 3. The molecule has 3 rings (SSSR count). The highest BCUT2D eigenvalue weighted by molar-refractivity contribution is 6.21. The molecule has 7 nitrogen and oxygen atoms in total. The van der Waals surface area contributed by atoms with E-state index in [2.05, 4.69) is 10.6 Å². The zero-order valence-corrected chi connectivity index (χ0v) is 15.9. The maximum absolute atomic E-state index is 12.5. The van der Waals surface area contributed by atoms with Crippen molar-refractivity contribution in [1.82, 2.24) is 10.2 Å². The number of hydrogen-bond donors (Lipinski definition) is 2. The average molecular weight is 381 g/mol. The van der Waals surface area contributed by atoms with E-state index < -0.39 is 0 Å². The van der Waals surface area contributed by atoms with Crippen LogP contribution < -0.4 is 10.6 Å². The van der Waals surface area contributed by atoms with Crippen LogP contribution in [0, 0.1) is 0 Å². The Balaban J connectivity index is 1.65. The van der Waals surface area contributed by atoms with Gasteiger partial charge in [-0.3, -0.25) is 14.5 Å². The van der Waals surface area contributed by atoms with E-state index in [-0.39, 0.29) is 23.9 Å². The van der Waals surface area contributed by atoms with Gasteiger partial charge in [0.05, 0.1) is 17.2 Å². The molecule has 0 saturated carbocycles. The van der Waals surface area contributed by atoms with Crippen LogP contribution in [0.25, 0.3) is 0 Å². The fourth-order valence-electron chi connectivity index (χ4n) is 3.13. The topological polar surface area (TPSA) is 87.7 Å². The third-order valence-electron chi connectivity index (χ3n) is 4.61. The van der Waals surface area contributed by atoms with Gasteiger partial charge in [0.15, 0.2) is 0 Å². The van der Waals surface area contributed by atoms with E-state index in [1.54, 1.807) is 25.3 Å². The summed E-state index contributed by atoms with van der Waals surface area (Å²) in [4.78, 5) is 38.4. The van der Waals surface area contributed by atoms with Gasteiger partial charge in [-0.2, -0.15) is 0 Å². The predicted molar refractivity (Wildman–Crippen MR) is 105 cm³/mol. The van der Waals surface area contributed by atoms with Gasteiger partial charge in [-0.15, -0.1) is 0 Å². The lowest BCUT2D eigenvalue weighted by atomic mass is 10.1. The molecule has 0 fully saturated rings. The number of carbonyl (C=O) groups is 3. The molecule has 0 bridgehead atoms. The first kappa shape index (κ1) is 19.6. The van der Waals surface area contributed by atoms with Gasteiger partial charge in [0.1, 0.15) is 0 Å². The minimum absolute atomic E-state index is 0.171. The molecule has 1 unspecified atom stereocenters. The molecule has 0 spiro atoms. The molecule has 0 aliphatic carbocycles. The first-order valence-corrected chi connectivity index (χ1v) is 9.13. The van der Waals surface area contributed by atoms with Crippen LogP contribution in [-0.2, 0) is 4.74 Å². The Labute approximate surface area is 163 Å². The third-order valence-corrected chi connectivity index (χ3v) is 4.61. The Hall–Kier alpha value is -3.19. The molecule has 1 aliphatic rings. The van der Waals surface area contributed by atoms with E-state index in [4.69, 9.17) is 4.74 Å². The van der Waals surface area contributed by atoms with Crippen molar-refractivity contribution in [3.05, 3.63) is 65.2 Å². The number of nitrogens with zero attached hydrogens (tertiary/aromatic N) is 1. The zero-order chi connectivity index (χ0) is 20.1. The first-order valence-electron chi connectivity index (χ1n) is 9.13. The van der Waals surface area contributed by atoms with Crippen molar-refractivity contribution >= 4 is 23.5 Å². The van der Waals surface area contributed by atoms with E-state index in [0.29, 0.717) is 36.4 Å². The van der Waals surface area contributed by atoms with Gasteiger partial charge in [0.25, 0.3) is 11.8 Å². The van der Waals surface area contributed by atoms with Crippen LogP contribution in [0.15, 0.2) is 48.5 Å². The lowest BCUT2D eigenvalue weighted by Gasteiger charge is -2.15. The quantitative estimate of drug-likeness (QED) is 0.569. The van der Waals surface area contributed by atoms with Crippen molar-refractivity contribution in [2.75, 3.05) is 25.6 Å². The van der Waals surface area contributed by atoms with Gasteiger partial charge >= 0.3 is 6.03 Å². The molecule has 0 saturated heterocycles. The second kappa shape index (κ2) is 8.67. The Bertz CT molecular complexity index is 882. The Morgan fingerprint density at radius 2 is 1.79 bits per heavy atom. The fraction of sp³-hybridized carbons (Fsp3) is 0.286. The summed E-state index contributed by atoms with van der Waals surface area (Å²) >= 11 is 0. The number of amides is 4. The van der Waals surface area contributed by atoms with Crippen LogP contribution in [0.2, 0.25) is 0 Å². The van der Waals surface area contributed by atoms with Gasteiger partial charge in [-0.25, -0.2) is 4.79 Å². The molecule has 146 valence electrons. The fourth-order valence-corrected chi connectivity index (χ4v) is 3.13. The van der Waals surface area contributed by atoms with Gasteiger partial charge < -0.3 is 15.4 Å². The molecule has 1 heterocycles. The number of urea groups is 1. The molecular formula is C21H23N3O4. The summed E-state index contributed by atoms with van der Waals surface area (Å²) in [6.07, 6.45) is 0.576. The molecule has 0 aromatic heterocycles. The molecule has 7 heteroatoms. The summed E-state index contributed by atoms with van der Waals surface area (Å²) in [5, 5.41) is 5.57. The number of benzene rings is 2. The van der Waals surface area contributed by atoms with Gasteiger partial charge in [-0.1, -0.05) is 30.3 Å². The second-order valence-electron chi connectivity index (χ2n) is 6.60. The Kier molecular flexibility index (Phi) is 6.06. The largest absolute Gasteiger partial charge is 0.385 e. The minimum Gasteiger partial charge on any atom is -0.385 e. The third kappa shape index (κ3) is 4.20. The molecule has 2 aromatic carbocycles. The molecule has 2 N–H and O–H groups in total. The Morgan fingerprint density at radius 3 is 2.50 bits per heavy atom. The number of fused-ring (bicyclic) bond motifs is 1. The van der Waals surface area contributed by atoms with Crippen LogP contribution >= 0.6 is 0 Å². The highest BCUT2D eigenvalue weighted by Gasteiger charge is 2.35. The van der Waals surface area contributed by atoms with E-state index in [9.17, 15) is 14.4 Å². The number of rotatable bonds is 7. The summed E-state index contributed by atoms with van der Waals surface area (Å²) in [6, 6.07) is 13.8. The monoisotopic (exact) mass is 381 g/mol. The van der Waals surface area contributed by atoms with Crippen molar-refractivity contribution in [2.24, 2.45) is 0 Å². The number of nitrogens with one attached hydrogen (secondary N) is 2. The normalized spacial score (nSPS) is 14.0. The summed E-state index contributed by atoms with van der Waals surface area (Å²) in [5.41, 5.74) is 2.10. The summed E-state index contributed by atoms with van der Waals surface area (Å²) in [5.74, 6) is -0.664. The Morgan fingerprint density at radius 1 is 1.07 bits per heavy atom. The van der Waals surface area contributed by atoms with Gasteiger partial charge in [0, 0.05) is 25.9 Å². The van der Waals surface area contributed by atoms with Gasteiger partial charge in [0.2, 0.25) is 0 Å². The number of methoxy groups -OCH3 is 1. The standard InChI is InChI=1S/C21H23N3O4/c1-14(15-7-4-3-5-8-15)22-21(27)23-16-9-10-17-18(13-16)20(26)24(19(17)25)11-6-12-28-2/h3-5,7-10,13-14H,6,11-12H2,1-2H3,(H2,22,23,27).